The van der Waals surface area contributed by atoms with Crippen LogP contribution in [0.1, 0.15) is 39.5 Å². The van der Waals surface area contributed by atoms with Gasteiger partial charge in [0.05, 0.1) is 0 Å². The van der Waals surface area contributed by atoms with Gasteiger partial charge in [-0.25, -0.2) is 0 Å². The third-order valence-electron chi connectivity index (χ3n) is 1.74. The maximum absolute atomic E-state index is 9.97. The molecule has 0 aliphatic heterocycles. The first kappa shape index (κ1) is 11.9. The standard InChI is InChI=1S/C10H17NO2/c1-3-4-5-7-10(2)8-6-9-11(12)13/h6H,3-5,7,9H2,1-2H3. The van der Waals surface area contributed by atoms with Crippen molar-refractivity contribution >= 4 is 0 Å². The molecule has 0 aliphatic rings. The molecule has 0 saturated heterocycles. The Morgan fingerprint density at radius 1 is 1.54 bits per heavy atom. The Kier molecular flexibility index (Phi) is 6.93. The van der Waals surface area contributed by atoms with Crippen molar-refractivity contribution in [3.05, 3.63) is 27.5 Å². The molecule has 13 heavy (non-hydrogen) atoms. The van der Waals surface area contributed by atoms with Crippen molar-refractivity contribution in [2.75, 3.05) is 6.54 Å². The van der Waals surface area contributed by atoms with Crippen molar-refractivity contribution in [2.24, 2.45) is 0 Å². The molecular formula is C10H17NO2. The van der Waals surface area contributed by atoms with E-state index in [0.29, 0.717) is 0 Å². The Morgan fingerprint density at radius 2 is 2.23 bits per heavy atom. The predicted molar refractivity (Wildman–Crippen MR) is 53.3 cm³/mol. The first-order chi connectivity index (χ1) is 6.16. The van der Waals surface area contributed by atoms with Crippen LogP contribution in [0.25, 0.3) is 0 Å². The minimum Gasteiger partial charge on any atom is -0.264 e. The average molecular weight is 183 g/mol. The minimum atomic E-state index is -0.355. The van der Waals surface area contributed by atoms with Crippen LogP contribution in [-0.2, 0) is 0 Å². The molecule has 0 amide bonds. The fourth-order valence-electron chi connectivity index (χ4n) is 1.01. The van der Waals surface area contributed by atoms with E-state index in [9.17, 15) is 10.1 Å². The molecule has 0 spiro atoms. The Bertz CT molecular complexity index is 215. The van der Waals surface area contributed by atoms with Crippen LogP contribution in [0, 0.1) is 10.1 Å². The van der Waals surface area contributed by atoms with Crippen LogP contribution < -0.4 is 0 Å². The number of nitro groups is 1. The first-order valence-corrected chi connectivity index (χ1v) is 4.69. The zero-order chi connectivity index (χ0) is 10.1. The highest BCUT2D eigenvalue weighted by Crippen LogP contribution is 2.06. The molecule has 0 bridgehead atoms. The molecule has 0 rings (SSSR count). The van der Waals surface area contributed by atoms with Crippen LogP contribution in [-0.4, -0.2) is 11.5 Å². The molecule has 0 aromatic heterocycles. The summed E-state index contributed by atoms with van der Waals surface area (Å²) in [6.07, 6.45) is 6.06. The highest BCUT2D eigenvalue weighted by molar-refractivity contribution is 4.97. The Hall–Kier alpha value is -1.08. The van der Waals surface area contributed by atoms with E-state index in [1.165, 1.54) is 18.9 Å². The highest BCUT2D eigenvalue weighted by Gasteiger charge is 1.89. The van der Waals surface area contributed by atoms with Gasteiger partial charge in [0.15, 0.2) is 0 Å². The summed E-state index contributed by atoms with van der Waals surface area (Å²) in [6.45, 7) is 4.00. The maximum atomic E-state index is 9.97. The lowest BCUT2D eigenvalue weighted by atomic mass is 10.1. The summed E-state index contributed by atoms with van der Waals surface area (Å²) >= 11 is 0. The number of unbranched alkanes of at least 4 members (excludes halogenated alkanes) is 2. The molecule has 0 saturated carbocycles. The summed E-state index contributed by atoms with van der Waals surface area (Å²) < 4.78 is 0. The van der Waals surface area contributed by atoms with E-state index in [2.05, 4.69) is 12.7 Å². The van der Waals surface area contributed by atoms with Crippen molar-refractivity contribution in [3.63, 3.8) is 0 Å². The fraction of sp³-hybridized carbons (Fsp3) is 0.700. The monoisotopic (exact) mass is 183 g/mol. The van der Waals surface area contributed by atoms with Gasteiger partial charge < -0.3 is 0 Å². The van der Waals surface area contributed by atoms with Crippen LogP contribution in [0.15, 0.2) is 17.4 Å². The molecular weight excluding hydrogens is 166 g/mol. The molecule has 3 heteroatoms. The van der Waals surface area contributed by atoms with E-state index in [0.717, 1.165) is 18.4 Å². The lowest BCUT2D eigenvalue weighted by molar-refractivity contribution is -0.468. The van der Waals surface area contributed by atoms with E-state index in [1.54, 1.807) is 0 Å². The largest absolute Gasteiger partial charge is 0.264 e. The molecule has 0 fully saturated rings. The zero-order valence-electron chi connectivity index (χ0n) is 8.38. The second-order valence-corrected chi connectivity index (χ2v) is 3.10. The van der Waals surface area contributed by atoms with Crippen molar-refractivity contribution in [3.8, 4) is 0 Å². The zero-order valence-corrected chi connectivity index (χ0v) is 8.38. The SMILES string of the molecule is CCCCCC(C)=C=CC[N+](=O)[O-]. The Labute approximate surface area is 79.3 Å². The molecule has 3 nitrogen and oxygen atoms in total. The first-order valence-electron chi connectivity index (χ1n) is 4.69. The second kappa shape index (κ2) is 7.56. The summed E-state index contributed by atoms with van der Waals surface area (Å²) in [5.41, 5.74) is 4.03. The molecule has 0 N–H and O–H groups in total. The van der Waals surface area contributed by atoms with Crippen molar-refractivity contribution in [1.82, 2.24) is 0 Å². The molecule has 0 unspecified atom stereocenters. The smallest absolute Gasteiger partial charge is 0.229 e. The Balaban J connectivity index is 3.73. The van der Waals surface area contributed by atoms with Crippen LogP contribution in [0.2, 0.25) is 0 Å². The van der Waals surface area contributed by atoms with E-state index in [-0.39, 0.29) is 11.5 Å². The molecule has 74 valence electrons. The molecule has 0 heterocycles. The van der Waals surface area contributed by atoms with E-state index in [4.69, 9.17) is 0 Å². The number of hydrogen-bond donors (Lipinski definition) is 0. The van der Waals surface area contributed by atoms with Gasteiger partial charge >= 0.3 is 0 Å². The maximum Gasteiger partial charge on any atom is 0.229 e. The van der Waals surface area contributed by atoms with Crippen molar-refractivity contribution in [2.45, 2.75) is 39.5 Å². The van der Waals surface area contributed by atoms with Gasteiger partial charge in [0, 0.05) is 11.0 Å². The van der Waals surface area contributed by atoms with Gasteiger partial charge in [0.25, 0.3) is 0 Å². The van der Waals surface area contributed by atoms with Gasteiger partial charge in [0.1, 0.15) is 0 Å². The van der Waals surface area contributed by atoms with E-state index < -0.39 is 0 Å². The fourth-order valence-corrected chi connectivity index (χ4v) is 1.01. The molecule has 0 radical (unpaired) electrons. The van der Waals surface area contributed by atoms with E-state index >= 15 is 0 Å². The predicted octanol–water partition coefficient (Wildman–Crippen LogP) is 2.94. The summed E-state index contributed by atoms with van der Waals surface area (Å²) in [5, 5.41) is 9.97. The Morgan fingerprint density at radius 3 is 2.77 bits per heavy atom. The average Bonchev–Trinajstić information content (AvgIpc) is 2.04. The van der Waals surface area contributed by atoms with Gasteiger partial charge in [-0.05, 0) is 25.3 Å². The molecule has 0 aromatic carbocycles. The minimum absolute atomic E-state index is 0.120. The molecule has 0 aromatic rings. The highest BCUT2D eigenvalue weighted by atomic mass is 16.6. The van der Waals surface area contributed by atoms with Gasteiger partial charge in [-0.1, -0.05) is 19.8 Å². The van der Waals surface area contributed by atoms with Crippen LogP contribution in [0.5, 0.6) is 0 Å². The second-order valence-electron chi connectivity index (χ2n) is 3.10. The van der Waals surface area contributed by atoms with Crippen molar-refractivity contribution in [1.29, 1.82) is 0 Å². The van der Waals surface area contributed by atoms with E-state index in [1.807, 2.05) is 6.92 Å². The summed E-state index contributed by atoms with van der Waals surface area (Å²) in [4.78, 5) is 9.61. The summed E-state index contributed by atoms with van der Waals surface area (Å²) in [6, 6.07) is 0. The quantitative estimate of drug-likeness (QED) is 0.275. The van der Waals surface area contributed by atoms with Gasteiger partial charge in [-0.15, -0.1) is 5.73 Å². The van der Waals surface area contributed by atoms with Gasteiger partial charge in [-0.2, -0.15) is 0 Å². The third-order valence-corrected chi connectivity index (χ3v) is 1.74. The molecule has 0 atom stereocenters. The molecule has 0 aliphatic carbocycles. The number of rotatable bonds is 6. The van der Waals surface area contributed by atoms with Crippen LogP contribution in [0.3, 0.4) is 0 Å². The lowest BCUT2D eigenvalue weighted by Gasteiger charge is -1.95. The number of nitrogens with zero attached hydrogens (tertiary/aromatic N) is 1. The van der Waals surface area contributed by atoms with Gasteiger partial charge in [0.2, 0.25) is 6.54 Å². The van der Waals surface area contributed by atoms with Crippen LogP contribution >= 0.6 is 0 Å². The topological polar surface area (TPSA) is 43.1 Å². The lowest BCUT2D eigenvalue weighted by Crippen LogP contribution is -1.94. The summed E-state index contributed by atoms with van der Waals surface area (Å²) in [7, 11) is 0. The van der Waals surface area contributed by atoms with Crippen molar-refractivity contribution < 1.29 is 4.92 Å². The third kappa shape index (κ3) is 8.83. The normalized spacial score (nSPS) is 9.08. The number of hydrogen-bond acceptors (Lipinski definition) is 2. The summed E-state index contributed by atoms with van der Waals surface area (Å²) in [5.74, 6) is 0. The van der Waals surface area contributed by atoms with Crippen LogP contribution in [0.4, 0.5) is 0 Å². The van der Waals surface area contributed by atoms with Gasteiger partial charge in [-0.3, -0.25) is 10.1 Å².